The molecule has 92 valence electrons. The van der Waals surface area contributed by atoms with E-state index in [9.17, 15) is 17.7 Å². The number of allylic oxidation sites excluding steroid dienone is 1. The maximum atomic E-state index is 12.7. The zero-order valence-electron chi connectivity index (χ0n) is 9.41. The van der Waals surface area contributed by atoms with Gasteiger partial charge >= 0.3 is 6.98 Å². The fraction of sp³-hybridized carbons (Fsp3) is 0.182. The first-order valence-corrected chi connectivity index (χ1v) is 4.91. The zero-order chi connectivity index (χ0) is 13.1. The molecule has 0 amide bonds. The predicted octanol–water partition coefficient (Wildman–Crippen LogP) is 2.35. The number of halogens is 3. The van der Waals surface area contributed by atoms with E-state index in [1.807, 2.05) is 0 Å². The summed E-state index contributed by atoms with van der Waals surface area (Å²) in [5.74, 6) is -0.433. The van der Waals surface area contributed by atoms with E-state index >= 15 is 0 Å². The van der Waals surface area contributed by atoms with Crippen LogP contribution in [0.1, 0.15) is 12.5 Å². The van der Waals surface area contributed by atoms with Gasteiger partial charge in [0.05, 0.1) is 12.9 Å². The molecule has 1 rings (SSSR count). The highest BCUT2D eigenvalue weighted by atomic mass is 19.4. The Bertz CT molecular complexity index is 453. The van der Waals surface area contributed by atoms with Gasteiger partial charge in [0.2, 0.25) is 0 Å². The van der Waals surface area contributed by atoms with Gasteiger partial charge in [0, 0.05) is 0 Å². The summed E-state index contributed by atoms with van der Waals surface area (Å²) in [4.78, 5) is 10.7. The molecule has 0 heterocycles. The number of hydrogen-bond acceptors (Lipinski definition) is 2. The maximum absolute atomic E-state index is 12.7. The second kappa shape index (κ2) is 5.08. The number of hydrogen-bond donors (Lipinski definition) is 0. The molecule has 0 aliphatic rings. The van der Waals surface area contributed by atoms with Gasteiger partial charge < -0.3 is 17.7 Å². The van der Waals surface area contributed by atoms with E-state index < -0.39 is 12.4 Å². The summed E-state index contributed by atoms with van der Waals surface area (Å²) in [6, 6.07) is 3.67. The lowest BCUT2D eigenvalue weighted by Crippen LogP contribution is -2.35. The first-order chi connectivity index (χ1) is 7.84. The topological polar surface area (TPSA) is 26.3 Å². The van der Waals surface area contributed by atoms with Gasteiger partial charge in [-0.25, -0.2) is 0 Å². The van der Waals surface area contributed by atoms with E-state index in [0.717, 1.165) is 6.07 Å². The summed E-state index contributed by atoms with van der Waals surface area (Å²) in [6.45, 7) is -3.81. The van der Waals surface area contributed by atoms with Crippen molar-refractivity contribution in [1.29, 1.82) is 0 Å². The fourth-order valence-corrected chi connectivity index (χ4v) is 1.33. The first kappa shape index (κ1) is 13.4. The molecule has 0 atom stereocenters. The minimum Gasteiger partial charge on any atom is -0.500 e. The molecule has 6 heteroatoms. The average Bonchev–Trinajstić information content (AvgIpc) is 2.24. The van der Waals surface area contributed by atoms with Crippen molar-refractivity contribution >= 4 is 24.3 Å². The van der Waals surface area contributed by atoms with Crippen LogP contribution < -0.4 is 10.2 Å². The Balaban J connectivity index is 3.18. The monoisotopic (exact) mass is 243 g/mol. The molecule has 0 saturated carbocycles. The van der Waals surface area contributed by atoms with E-state index in [1.165, 1.54) is 38.3 Å². The largest absolute Gasteiger partial charge is 0.513 e. The third-order valence-corrected chi connectivity index (χ3v) is 2.12. The van der Waals surface area contributed by atoms with Gasteiger partial charge in [0.25, 0.3) is 0 Å². The van der Waals surface area contributed by atoms with E-state index in [2.05, 4.69) is 4.74 Å². The van der Waals surface area contributed by atoms with Crippen LogP contribution in [0.5, 0.6) is 5.75 Å². The summed E-state index contributed by atoms with van der Waals surface area (Å²) in [7, 11) is 1.19. The van der Waals surface area contributed by atoms with Crippen molar-refractivity contribution in [2.75, 3.05) is 7.11 Å². The van der Waals surface area contributed by atoms with Gasteiger partial charge in [0.1, 0.15) is 0 Å². The molecule has 0 unspecified atom stereocenters. The molecule has 0 radical (unpaired) electrons. The smallest absolute Gasteiger partial charge is 0.500 e. The normalized spacial score (nSPS) is 11.8. The van der Waals surface area contributed by atoms with Gasteiger partial charge in [-0.15, -0.1) is 0 Å². The molecule has 2 nitrogen and oxygen atoms in total. The standard InChI is InChI=1S/C11H11BF3O2/c1-8(16)3-4-9-5-6-11(17-2)10(7-9)12(13,14)15/h3-7H,1-2H3/q-1/b4-3+. The van der Waals surface area contributed by atoms with Crippen molar-refractivity contribution in [3.8, 4) is 5.75 Å². The van der Waals surface area contributed by atoms with Crippen molar-refractivity contribution in [3.05, 3.63) is 29.8 Å². The Morgan fingerprint density at radius 1 is 1.35 bits per heavy atom. The van der Waals surface area contributed by atoms with Gasteiger partial charge in [-0.3, -0.25) is 4.79 Å². The fourth-order valence-electron chi connectivity index (χ4n) is 1.33. The Kier molecular flexibility index (Phi) is 3.99. The molecule has 1 aromatic rings. The van der Waals surface area contributed by atoms with Gasteiger partial charge in [0.15, 0.2) is 5.78 Å². The van der Waals surface area contributed by atoms with E-state index in [-0.39, 0.29) is 11.5 Å². The lowest BCUT2D eigenvalue weighted by molar-refractivity contribution is -0.112. The van der Waals surface area contributed by atoms with Crippen LogP contribution in [0, 0.1) is 0 Å². The summed E-state index contributed by atoms with van der Waals surface area (Å²) in [5, 5.41) is 0. The van der Waals surface area contributed by atoms with Crippen LogP contribution in [-0.4, -0.2) is 19.9 Å². The number of rotatable bonds is 4. The number of carbonyl (C=O) groups is 1. The zero-order valence-corrected chi connectivity index (χ0v) is 9.41. The highest BCUT2D eigenvalue weighted by Crippen LogP contribution is 2.19. The molecule has 0 bridgehead atoms. The third kappa shape index (κ3) is 3.66. The summed E-state index contributed by atoms with van der Waals surface area (Å²) < 4.78 is 42.8. The summed E-state index contributed by atoms with van der Waals surface area (Å²) >= 11 is 0. The van der Waals surface area contributed by atoms with Crippen LogP contribution in [0.4, 0.5) is 12.9 Å². The summed E-state index contributed by atoms with van der Waals surface area (Å²) in [6.07, 6.45) is 2.56. The van der Waals surface area contributed by atoms with Crippen LogP contribution in [-0.2, 0) is 4.79 Å². The van der Waals surface area contributed by atoms with Gasteiger partial charge in [-0.2, -0.15) is 0 Å². The molecule has 0 aliphatic heterocycles. The molecular weight excluding hydrogens is 232 g/mol. The van der Waals surface area contributed by atoms with Crippen LogP contribution >= 0.6 is 0 Å². The number of methoxy groups -OCH3 is 1. The van der Waals surface area contributed by atoms with Crippen molar-refractivity contribution in [3.63, 3.8) is 0 Å². The van der Waals surface area contributed by atoms with Crippen molar-refractivity contribution in [1.82, 2.24) is 0 Å². The lowest BCUT2D eigenvalue weighted by Gasteiger charge is -2.19. The lowest BCUT2D eigenvalue weighted by atomic mass is 9.78. The predicted molar refractivity (Wildman–Crippen MR) is 61.4 cm³/mol. The van der Waals surface area contributed by atoms with Crippen LogP contribution in [0.15, 0.2) is 24.3 Å². The molecule has 0 aliphatic carbocycles. The van der Waals surface area contributed by atoms with E-state index in [0.29, 0.717) is 5.56 Å². The van der Waals surface area contributed by atoms with Gasteiger partial charge in [-0.05, 0) is 24.6 Å². The minimum atomic E-state index is -5.13. The Labute approximate surface area is 97.1 Å². The van der Waals surface area contributed by atoms with Crippen molar-refractivity contribution in [2.24, 2.45) is 0 Å². The molecule has 0 saturated heterocycles. The third-order valence-electron chi connectivity index (χ3n) is 2.12. The quantitative estimate of drug-likeness (QED) is 0.599. The number of ketones is 1. The molecule has 17 heavy (non-hydrogen) atoms. The first-order valence-electron chi connectivity index (χ1n) is 4.91. The molecular formula is C11H11BF3O2-. The Morgan fingerprint density at radius 2 is 2.00 bits per heavy atom. The number of benzene rings is 1. The molecule has 0 fully saturated rings. The Morgan fingerprint density at radius 3 is 2.47 bits per heavy atom. The SMILES string of the molecule is COc1ccc(/C=C/C(C)=O)cc1[B-](F)(F)F. The molecule has 0 N–H and O–H groups in total. The second-order valence-electron chi connectivity index (χ2n) is 3.52. The van der Waals surface area contributed by atoms with Crippen LogP contribution in [0.3, 0.4) is 0 Å². The molecule has 0 aromatic heterocycles. The number of ether oxygens (including phenoxy) is 1. The van der Waals surface area contributed by atoms with Crippen LogP contribution in [0.2, 0.25) is 0 Å². The van der Waals surface area contributed by atoms with Crippen molar-refractivity contribution < 1.29 is 22.5 Å². The highest BCUT2D eigenvalue weighted by molar-refractivity contribution is 6.74. The van der Waals surface area contributed by atoms with Crippen molar-refractivity contribution in [2.45, 2.75) is 6.92 Å². The average molecular weight is 243 g/mol. The molecule has 0 spiro atoms. The Hall–Kier alpha value is -1.72. The van der Waals surface area contributed by atoms with Crippen LogP contribution in [0.25, 0.3) is 6.08 Å². The highest BCUT2D eigenvalue weighted by Gasteiger charge is 2.29. The minimum absolute atomic E-state index is 0.211. The van der Waals surface area contributed by atoms with E-state index in [1.54, 1.807) is 0 Å². The van der Waals surface area contributed by atoms with Gasteiger partial charge in [-0.1, -0.05) is 23.7 Å². The molecule has 1 aromatic carbocycles. The second-order valence-corrected chi connectivity index (χ2v) is 3.52. The summed E-state index contributed by atoms with van der Waals surface area (Å²) in [5.41, 5.74) is -0.478. The van der Waals surface area contributed by atoms with E-state index in [4.69, 9.17) is 0 Å². The maximum Gasteiger partial charge on any atom is 0.513 e. The number of carbonyl (C=O) groups excluding carboxylic acids is 1.